The Hall–Kier alpha value is -1.89. The summed E-state index contributed by atoms with van der Waals surface area (Å²) >= 11 is 0. The van der Waals surface area contributed by atoms with Gasteiger partial charge in [0.05, 0.1) is 18.8 Å². The minimum atomic E-state index is -1.00. The number of aliphatic carboxylic acids is 1. The van der Waals surface area contributed by atoms with Gasteiger partial charge in [-0.3, -0.25) is 9.48 Å². The smallest absolute Gasteiger partial charge is 0.329 e. The molecule has 0 atom stereocenters. The van der Waals surface area contributed by atoms with Crippen LogP contribution in [0.4, 0.5) is 0 Å². The molecular formula is C13H19N3O4. The number of nitrogens with zero attached hydrogens (tertiary/aromatic N) is 3. The van der Waals surface area contributed by atoms with Crippen LogP contribution in [0.2, 0.25) is 0 Å². The second kappa shape index (κ2) is 5.24. The maximum absolute atomic E-state index is 12.3. The lowest BCUT2D eigenvalue weighted by molar-refractivity contribution is -0.160. The van der Waals surface area contributed by atoms with E-state index in [1.165, 1.54) is 0 Å². The number of rotatable bonds is 5. The SMILES string of the molecule is CCn1nc(C)cc1C(=O)N1CC(C)(OCC(=O)O)C1. The molecule has 0 unspecified atom stereocenters. The minimum Gasteiger partial charge on any atom is -0.480 e. The van der Waals surface area contributed by atoms with Gasteiger partial charge in [-0.15, -0.1) is 0 Å². The average Bonchev–Trinajstić information content (AvgIpc) is 2.73. The van der Waals surface area contributed by atoms with Gasteiger partial charge in [0.15, 0.2) is 0 Å². The summed E-state index contributed by atoms with van der Waals surface area (Å²) < 4.78 is 6.96. The van der Waals surface area contributed by atoms with E-state index < -0.39 is 11.6 Å². The van der Waals surface area contributed by atoms with Gasteiger partial charge in [-0.2, -0.15) is 5.10 Å². The third-order valence-corrected chi connectivity index (χ3v) is 3.30. The number of amides is 1. The molecule has 1 aromatic heterocycles. The van der Waals surface area contributed by atoms with E-state index in [0.717, 1.165) is 5.69 Å². The molecule has 0 spiro atoms. The molecule has 1 aliphatic heterocycles. The lowest BCUT2D eigenvalue weighted by Gasteiger charge is -2.47. The standard InChI is InChI=1S/C13H19N3O4/c1-4-16-10(5-9(2)14-16)12(19)15-7-13(3,8-15)20-6-11(17)18/h5H,4,6-8H2,1-3H3,(H,17,18). The van der Waals surface area contributed by atoms with Crippen LogP contribution >= 0.6 is 0 Å². The Morgan fingerprint density at radius 1 is 1.50 bits per heavy atom. The van der Waals surface area contributed by atoms with Gasteiger partial charge in [0.2, 0.25) is 0 Å². The highest BCUT2D eigenvalue weighted by molar-refractivity contribution is 5.93. The van der Waals surface area contributed by atoms with E-state index in [1.807, 2.05) is 20.8 Å². The number of ether oxygens (including phenoxy) is 1. The third kappa shape index (κ3) is 2.82. The molecule has 1 amide bonds. The Morgan fingerprint density at radius 3 is 2.70 bits per heavy atom. The molecule has 110 valence electrons. The zero-order valence-electron chi connectivity index (χ0n) is 11.9. The summed E-state index contributed by atoms with van der Waals surface area (Å²) in [6, 6.07) is 1.76. The zero-order valence-corrected chi connectivity index (χ0v) is 11.9. The Bertz CT molecular complexity index is 532. The van der Waals surface area contributed by atoms with Gasteiger partial charge in [-0.1, -0.05) is 0 Å². The van der Waals surface area contributed by atoms with Gasteiger partial charge in [0.25, 0.3) is 5.91 Å². The quantitative estimate of drug-likeness (QED) is 0.851. The molecule has 0 saturated carbocycles. The van der Waals surface area contributed by atoms with Gasteiger partial charge in [0.1, 0.15) is 17.9 Å². The summed E-state index contributed by atoms with van der Waals surface area (Å²) in [6.45, 7) is 6.67. The fourth-order valence-electron chi connectivity index (χ4n) is 2.35. The molecule has 1 fully saturated rings. The molecule has 2 rings (SSSR count). The Balaban J connectivity index is 1.98. The van der Waals surface area contributed by atoms with Crippen LogP contribution in [0.3, 0.4) is 0 Å². The van der Waals surface area contributed by atoms with Crippen LogP contribution in [0, 0.1) is 6.92 Å². The fraction of sp³-hybridized carbons (Fsp3) is 0.615. The lowest BCUT2D eigenvalue weighted by atomic mass is 9.96. The van der Waals surface area contributed by atoms with E-state index >= 15 is 0 Å². The molecule has 0 radical (unpaired) electrons. The van der Waals surface area contributed by atoms with Crippen molar-refractivity contribution in [3.8, 4) is 0 Å². The molecule has 2 heterocycles. The maximum atomic E-state index is 12.3. The van der Waals surface area contributed by atoms with Crippen molar-refractivity contribution in [2.75, 3.05) is 19.7 Å². The predicted molar refractivity (Wildman–Crippen MR) is 70.5 cm³/mol. The summed E-state index contributed by atoms with van der Waals surface area (Å²) in [6.07, 6.45) is 0. The number of hydrogen-bond acceptors (Lipinski definition) is 4. The topological polar surface area (TPSA) is 84.7 Å². The minimum absolute atomic E-state index is 0.0937. The van der Waals surface area contributed by atoms with Crippen molar-refractivity contribution in [1.82, 2.24) is 14.7 Å². The zero-order chi connectivity index (χ0) is 14.9. The summed E-state index contributed by atoms with van der Waals surface area (Å²) in [5.74, 6) is -1.10. The number of aromatic nitrogens is 2. The number of carbonyl (C=O) groups excluding carboxylic acids is 1. The van der Waals surface area contributed by atoms with Gasteiger partial charge in [-0.05, 0) is 26.8 Å². The average molecular weight is 281 g/mol. The molecule has 1 aliphatic rings. The van der Waals surface area contributed by atoms with Crippen LogP contribution in [-0.4, -0.2) is 57.0 Å². The Labute approximate surface area is 117 Å². The van der Waals surface area contributed by atoms with E-state index in [2.05, 4.69) is 5.10 Å². The van der Waals surface area contributed by atoms with Crippen molar-refractivity contribution in [3.05, 3.63) is 17.5 Å². The molecular weight excluding hydrogens is 262 g/mol. The molecule has 0 aliphatic carbocycles. The monoisotopic (exact) mass is 281 g/mol. The number of carboxylic acids is 1. The molecule has 7 nitrogen and oxygen atoms in total. The summed E-state index contributed by atoms with van der Waals surface area (Å²) in [4.78, 5) is 24.5. The van der Waals surface area contributed by atoms with Crippen molar-refractivity contribution < 1.29 is 19.4 Å². The summed E-state index contributed by atoms with van der Waals surface area (Å²) in [5.41, 5.74) is 0.797. The third-order valence-electron chi connectivity index (χ3n) is 3.30. The molecule has 1 aromatic rings. The fourth-order valence-corrected chi connectivity index (χ4v) is 2.35. The highest BCUT2D eigenvalue weighted by Gasteiger charge is 2.43. The van der Waals surface area contributed by atoms with E-state index in [9.17, 15) is 9.59 Å². The molecule has 20 heavy (non-hydrogen) atoms. The lowest BCUT2D eigenvalue weighted by Crippen LogP contribution is -2.63. The van der Waals surface area contributed by atoms with Crippen molar-refractivity contribution in [2.24, 2.45) is 0 Å². The molecule has 0 aromatic carbocycles. The Morgan fingerprint density at radius 2 is 2.15 bits per heavy atom. The van der Waals surface area contributed by atoms with Crippen LogP contribution in [-0.2, 0) is 16.1 Å². The number of hydrogen-bond donors (Lipinski definition) is 1. The van der Waals surface area contributed by atoms with E-state index in [-0.39, 0.29) is 12.5 Å². The largest absolute Gasteiger partial charge is 0.480 e. The highest BCUT2D eigenvalue weighted by Crippen LogP contribution is 2.26. The van der Waals surface area contributed by atoms with Crippen LogP contribution in [0.1, 0.15) is 30.0 Å². The first-order valence-corrected chi connectivity index (χ1v) is 6.54. The molecule has 1 N–H and O–H groups in total. The van der Waals surface area contributed by atoms with E-state index in [1.54, 1.807) is 15.6 Å². The van der Waals surface area contributed by atoms with Crippen molar-refractivity contribution >= 4 is 11.9 Å². The normalized spacial score (nSPS) is 16.9. The first-order valence-electron chi connectivity index (χ1n) is 6.54. The van der Waals surface area contributed by atoms with Crippen molar-refractivity contribution in [1.29, 1.82) is 0 Å². The highest BCUT2D eigenvalue weighted by atomic mass is 16.5. The van der Waals surface area contributed by atoms with Crippen LogP contribution < -0.4 is 0 Å². The van der Waals surface area contributed by atoms with Crippen LogP contribution in [0.15, 0.2) is 6.07 Å². The first-order chi connectivity index (χ1) is 9.34. The van der Waals surface area contributed by atoms with Crippen LogP contribution in [0.25, 0.3) is 0 Å². The number of likely N-dealkylation sites (tertiary alicyclic amines) is 1. The molecule has 7 heteroatoms. The Kier molecular flexibility index (Phi) is 3.80. The maximum Gasteiger partial charge on any atom is 0.329 e. The summed E-state index contributed by atoms with van der Waals surface area (Å²) in [7, 11) is 0. The number of aryl methyl sites for hydroxylation is 2. The molecule has 0 bridgehead atoms. The van der Waals surface area contributed by atoms with Gasteiger partial charge in [-0.25, -0.2) is 4.79 Å². The van der Waals surface area contributed by atoms with Crippen molar-refractivity contribution in [2.45, 2.75) is 32.9 Å². The molecule has 1 saturated heterocycles. The van der Waals surface area contributed by atoms with Crippen LogP contribution in [0.5, 0.6) is 0 Å². The van der Waals surface area contributed by atoms with Gasteiger partial charge in [0, 0.05) is 6.54 Å². The first kappa shape index (κ1) is 14.5. The second-order valence-electron chi connectivity index (χ2n) is 5.28. The number of carboxylic acid groups (broad SMARTS) is 1. The second-order valence-corrected chi connectivity index (χ2v) is 5.28. The van der Waals surface area contributed by atoms with Gasteiger partial charge >= 0.3 is 5.97 Å². The number of carbonyl (C=O) groups is 2. The summed E-state index contributed by atoms with van der Waals surface area (Å²) in [5, 5.41) is 12.9. The predicted octanol–water partition coefficient (Wildman–Crippen LogP) is 0.527. The van der Waals surface area contributed by atoms with E-state index in [0.29, 0.717) is 25.3 Å². The van der Waals surface area contributed by atoms with Gasteiger partial charge < -0.3 is 14.7 Å². The van der Waals surface area contributed by atoms with E-state index in [4.69, 9.17) is 9.84 Å². The van der Waals surface area contributed by atoms with Crippen molar-refractivity contribution in [3.63, 3.8) is 0 Å².